The van der Waals surface area contributed by atoms with E-state index in [2.05, 4.69) is 4.98 Å². The minimum Gasteiger partial charge on any atom is -0.355 e. The maximum atomic E-state index is 10.6. The number of nitrogens with zero attached hydrogens (tertiary/aromatic N) is 1. The Kier molecular flexibility index (Phi) is 1.70. The van der Waals surface area contributed by atoms with Crippen molar-refractivity contribution in [2.75, 3.05) is 0 Å². The summed E-state index contributed by atoms with van der Waals surface area (Å²) in [7, 11) is 0. The Morgan fingerprint density at radius 3 is 2.92 bits per heavy atom. The molecule has 5 heteroatoms. The SMILES string of the molecule is O=[N+]([O-])c1c[nH]c2cccc(Cl)c12. The summed E-state index contributed by atoms with van der Waals surface area (Å²) in [5, 5.41) is 11.4. The number of aromatic nitrogens is 1. The van der Waals surface area contributed by atoms with Crippen LogP contribution in [0, 0.1) is 10.1 Å². The highest BCUT2D eigenvalue weighted by atomic mass is 35.5. The summed E-state index contributed by atoms with van der Waals surface area (Å²) in [5.74, 6) is 0. The third-order valence-electron chi connectivity index (χ3n) is 1.83. The molecule has 1 N–H and O–H groups in total. The Labute approximate surface area is 78.3 Å². The van der Waals surface area contributed by atoms with Gasteiger partial charge in [-0.15, -0.1) is 0 Å². The van der Waals surface area contributed by atoms with Crippen molar-refractivity contribution in [3.05, 3.63) is 39.5 Å². The van der Waals surface area contributed by atoms with E-state index in [-0.39, 0.29) is 5.69 Å². The summed E-state index contributed by atoms with van der Waals surface area (Å²) < 4.78 is 0. The van der Waals surface area contributed by atoms with Crippen molar-refractivity contribution in [1.29, 1.82) is 0 Å². The van der Waals surface area contributed by atoms with Crippen LogP contribution in [0.3, 0.4) is 0 Å². The average Bonchev–Trinajstić information content (AvgIpc) is 2.49. The summed E-state index contributed by atoms with van der Waals surface area (Å²) in [5.41, 5.74) is 0.694. The molecule has 1 aromatic carbocycles. The van der Waals surface area contributed by atoms with Crippen LogP contribution < -0.4 is 0 Å². The third-order valence-corrected chi connectivity index (χ3v) is 2.15. The van der Waals surface area contributed by atoms with Gasteiger partial charge in [0.25, 0.3) is 5.69 Å². The molecule has 0 radical (unpaired) electrons. The first-order chi connectivity index (χ1) is 6.20. The van der Waals surface area contributed by atoms with Crippen molar-refractivity contribution >= 4 is 28.2 Å². The number of H-pyrrole nitrogens is 1. The number of hydrogen-bond acceptors (Lipinski definition) is 2. The molecule has 0 spiro atoms. The summed E-state index contributed by atoms with van der Waals surface area (Å²) in [4.78, 5) is 12.9. The van der Waals surface area contributed by atoms with Crippen molar-refractivity contribution in [2.24, 2.45) is 0 Å². The van der Waals surface area contributed by atoms with Crippen LogP contribution in [0.2, 0.25) is 5.02 Å². The van der Waals surface area contributed by atoms with Gasteiger partial charge in [0.1, 0.15) is 0 Å². The lowest BCUT2D eigenvalue weighted by atomic mass is 10.2. The van der Waals surface area contributed by atoms with Crippen LogP contribution in [0.4, 0.5) is 5.69 Å². The maximum Gasteiger partial charge on any atom is 0.296 e. The van der Waals surface area contributed by atoms with Gasteiger partial charge in [-0.3, -0.25) is 10.1 Å². The summed E-state index contributed by atoms with van der Waals surface area (Å²) in [6, 6.07) is 5.11. The second-order valence-electron chi connectivity index (χ2n) is 2.59. The molecule has 2 rings (SSSR count). The van der Waals surface area contributed by atoms with E-state index >= 15 is 0 Å². The molecule has 66 valence electrons. The molecule has 0 saturated heterocycles. The van der Waals surface area contributed by atoms with Crippen LogP contribution in [-0.4, -0.2) is 9.91 Å². The molecule has 13 heavy (non-hydrogen) atoms. The van der Waals surface area contributed by atoms with Gasteiger partial charge in [-0.1, -0.05) is 17.7 Å². The number of benzene rings is 1. The Balaban J connectivity index is 2.86. The van der Waals surface area contributed by atoms with Crippen molar-refractivity contribution in [2.45, 2.75) is 0 Å². The van der Waals surface area contributed by atoms with E-state index in [0.29, 0.717) is 15.9 Å². The lowest BCUT2D eigenvalue weighted by Crippen LogP contribution is -1.85. The molecule has 0 bridgehead atoms. The summed E-state index contributed by atoms with van der Waals surface area (Å²) in [6.45, 7) is 0. The predicted octanol–water partition coefficient (Wildman–Crippen LogP) is 2.73. The van der Waals surface area contributed by atoms with Crippen LogP contribution in [0.15, 0.2) is 24.4 Å². The van der Waals surface area contributed by atoms with E-state index in [0.717, 1.165) is 0 Å². The van der Waals surface area contributed by atoms with Crippen LogP contribution in [0.1, 0.15) is 0 Å². The van der Waals surface area contributed by atoms with Crippen LogP contribution in [0.5, 0.6) is 0 Å². The summed E-state index contributed by atoms with van der Waals surface area (Å²) >= 11 is 5.82. The van der Waals surface area contributed by atoms with E-state index < -0.39 is 4.92 Å². The number of nitrogens with one attached hydrogen (secondary N) is 1. The molecule has 0 amide bonds. The number of nitro groups is 1. The molecule has 0 fully saturated rings. The number of hydrogen-bond donors (Lipinski definition) is 1. The maximum absolute atomic E-state index is 10.6. The minimum absolute atomic E-state index is 0.0144. The van der Waals surface area contributed by atoms with Crippen LogP contribution >= 0.6 is 11.6 Å². The van der Waals surface area contributed by atoms with Gasteiger partial charge in [0.2, 0.25) is 0 Å². The first-order valence-corrected chi connectivity index (χ1v) is 3.98. The molecule has 0 aliphatic rings. The van der Waals surface area contributed by atoms with Crippen molar-refractivity contribution in [3.8, 4) is 0 Å². The Hall–Kier alpha value is -1.55. The second kappa shape index (κ2) is 2.74. The van der Waals surface area contributed by atoms with Crippen molar-refractivity contribution < 1.29 is 4.92 Å². The first kappa shape index (κ1) is 8.07. The molecule has 0 atom stereocenters. The highest BCUT2D eigenvalue weighted by Gasteiger charge is 2.15. The van der Waals surface area contributed by atoms with Crippen LogP contribution in [0.25, 0.3) is 10.9 Å². The standard InChI is InChI=1S/C8H5ClN2O2/c9-5-2-1-3-6-8(5)7(4-10-6)11(12)13/h1-4,10H. The topological polar surface area (TPSA) is 58.9 Å². The molecule has 1 aromatic heterocycles. The largest absolute Gasteiger partial charge is 0.355 e. The number of rotatable bonds is 1. The highest BCUT2D eigenvalue weighted by Crippen LogP contribution is 2.31. The van der Waals surface area contributed by atoms with Gasteiger partial charge in [0.15, 0.2) is 0 Å². The zero-order valence-electron chi connectivity index (χ0n) is 6.45. The second-order valence-corrected chi connectivity index (χ2v) is 3.00. The van der Waals surface area contributed by atoms with Gasteiger partial charge in [-0.25, -0.2) is 0 Å². The number of halogens is 1. The Bertz CT molecular complexity index is 478. The van der Waals surface area contributed by atoms with Crippen molar-refractivity contribution in [3.63, 3.8) is 0 Å². The average molecular weight is 197 g/mol. The highest BCUT2D eigenvalue weighted by molar-refractivity contribution is 6.36. The number of fused-ring (bicyclic) bond motifs is 1. The number of aromatic amines is 1. The zero-order chi connectivity index (χ0) is 9.42. The molecule has 1 heterocycles. The third kappa shape index (κ3) is 1.15. The Morgan fingerprint density at radius 2 is 2.23 bits per heavy atom. The Morgan fingerprint density at radius 1 is 1.46 bits per heavy atom. The fourth-order valence-corrected chi connectivity index (χ4v) is 1.54. The van der Waals surface area contributed by atoms with E-state index in [4.69, 9.17) is 11.6 Å². The van der Waals surface area contributed by atoms with Gasteiger partial charge in [-0.2, -0.15) is 0 Å². The molecule has 0 saturated carbocycles. The molecular formula is C8H5ClN2O2. The fourth-order valence-electron chi connectivity index (χ4n) is 1.27. The fraction of sp³-hybridized carbons (Fsp3) is 0. The molecule has 0 unspecified atom stereocenters. The monoisotopic (exact) mass is 196 g/mol. The van der Waals surface area contributed by atoms with Gasteiger partial charge in [0, 0.05) is 0 Å². The van der Waals surface area contributed by atoms with Gasteiger partial charge >= 0.3 is 0 Å². The van der Waals surface area contributed by atoms with Crippen LogP contribution in [-0.2, 0) is 0 Å². The molecular weight excluding hydrogens is 192 g/mol. The normalized spacial score (nSPS) is 10.5. The van der Waals surface area contributed by atoms with Gasteiger partial charge < -0.3 is 4.98 Å². The summed E-state index contributed by atoms with van der Waals surface area (Å²) in [6.07, 6.45) is 1.34. The lowest BCUT2D eigenvalue weighted by molar-refractivity contribution is -0.383. The van der Waals surface area contributed by atoms with E-state index in [1.807, 2.05) is 0 Å². The molecule has 2 aromatic rings. The molecule has 0 aliphatic carbocycles. The molecule has 4 nitrogen and oxygen atoms in total. The van der Waals surface area contributed by atoms with E-state index in [1.54, 1.807) is 18.2 Å². The van der Waals surface area contributed by atoms with Gasteiger partial charge in [0.05, 0.1) is 27.0 Å². The molecule has 0 aliphatic heterocycles. The van der Waals surface area contributed by atoms with Gasteiger partial charge in [-0.05, 0) is 12.1 Å². The lowest BCUT2D eigenvalue weighted by Gasteiger charge is -1.92. The van der Waals surface area contributed by atoms with E-state index in [1.165, 1.54) is 6.20 Å². The predicted molar refractivity (Wildman–Crippen MR) is 50.0 cm³/mol. The smallest absolute Gasteiger partial charge is 0.296 e. The first-order valence-electron chi connectivity index (χ1n) is 3.60. The quantitative estimate of drug-likeness (QED) is 0.563. The minimum atomic E-state index is -0.454. The zero-order valence-corrected chi connectivity index (χ0v) is 7.21. The van der Waals surface area contributed by atoms with Crippen molar-refractivity contribution in [1.82, 2.24) is 4.98 Å². The van der Waals surface area contributed by atoms with E-state index in [9.17, 15) is 10.1 Å².